The van der Waals surface area contributed by atoms with Crippen LogP contribution in [0.5, 0.6) is 5.75 Å². The molecule has 5 heteroatoms. The van der Waals surface area contributed by atoms with Crippen LogP contribution in [0.3, 0.4) is 0 Å². The van der Waals surface area contributed by atoms with Gasteiger partial charge in [0, 0.05) is 19.2 Å². The Bertz CT molecular complexity index is 678. The van der Waals surface area contributed by atoms with Gasteiger partial charge in [0.25, 0.3) is 0 Å². The molecular weight excluding hydrogens is 324 g/mol. The number of carbonyl (C=O) groups excluding carboxylic acids is 1. The van der Waals surface area contributed by atoms with E-state index >= 15 is 0 Å². The van der Waals surface area contributed by atoms with Crippen LogP contribution in [0.1, 0.15) is 37.4 Å². The van der Waals surface area contributed by atoms with Gasteiger partial charge in [-0.15, -0.1) is 0 Å². The first kappa shape index (κ1) is 16.8. The molecule has 1 aliphatic rings. The Morgan fingerprint density at radius 2 is 2.08 bits per heavy atom. The highest BCUT2D eigenvalue weighted by Crippen LogP contribution is 2.31. The molecule has 0 spiro atoms. The molecule has 1 aromatic carbocycles. The number of hydrogen-bond donors (Lipinski definition) is 0. The van der Waals surface area contributed by atoms with Crippen molar-refractivity contribution in [2.24, 2.45) is 0 Å². The highest BCUT2D eigenvalue weighted by Gasteiger charge is 2.30. The lowest BCUT2D eigenvalue weighted by molar-refractivity contribution is -0.132. The number of amides is 1. The SMILES string of the molecule is O=C(CCCOc1ccccc1Cl)N1CCC[C@H]1c1ccccn1. The summed E-state index contributed by atoms with van der Waals surface area (Å²) in [4.78, 5) is 18.9. The average molecular weight is 345 g/mol. The molecule has 1 amide bonds. The molecule has 0 unspecified atom stereocenters. The van der Waals surface area contributed by atoms with Gasteiger partial charge in [-0.2, -0.15) is 0 Å². The van der Waals surface area contributed by atoms with Gasteiger partial charge in [0.05, 0.1) is 23.4 Å². The monoisotopic (exact) mass is 344 g/mol. The van der Waals surface area contributed by atoms with Gasteiger partial charge in [-0.3, -0.25) is 9.78 Å². The Kier molecular flexibility index (Phi) is 5.70. The van der Waals surface area contributed by atoms with Crippen LogP contribution in [-0.2, 0) is 4.79 Å². The number of rotatable bonds is 6. The smallest absolute Gasteiger partial charge is 0.223 e. The average Bonchev–Trinajstić information content (AvgIpc) is 3.10. The fraction of sp³-hybridized carbons (Fsp3) is 0.368. The Hall–Kier alpha value is -2.07. The Morgan fingerprint density at radius 3 is 2.88 bits per heavy atom. The summed E-state index contributed by atoms with van der Waals surface area (Å²) in [5.41, 5.74) is 0.982. The van der Waals surface area contributed by atoms with Crippen LogP contribution in [0.15, 0.2) is 48.7 Å². The molecule has 1 atom stereocenters. The van der Waals surface area contributed by atoms with Crippen molar-refractivity contribution in [3.8, 4) is 5.75 Å². The summed E-state index contributed by atoms with van der Waals surface area (Å²) < 4.78 is 5.65. The Morgan fingerprint density at radius 1 is 1.25 bits per heavy atom. The number of para-hydroxylation sites is 1. The van der Waals surface area contributed by atoms with Gasteiger partial charge in [0.1, 0.15) is 5.75 Å². The summed E-state index contributed by atoms with van der Waals surface area (Å²) in [5.74, 6) is 0.838. The number of benzene rings is 1. The maximum Gasteiger partial charge on any atom is 0.223 e. The number of pyridine rings is 1. The zero-order valence-corrected chi connectivity index (χ0v) is 14.3. The van der Waals surface area contributed by atoms with E-state index in [1.807, 2.05) is 41.3 Å². The molecule has 1 aromatic heterocycles. The lowest BCUT2D eigenvalue weighted by Gasteiger charge is -2.24. The minimum atomic E-state index is 0.114. The number of carbonyl (C=O) groups is 1. The van der Waals surface area contributed by atoms with E-state index in [4.69, 9.17) is 16.3 Å². The van der Waals surface area contributed by atoms with Crippen LogP contribution in [0, 0.1) is 0 Å². The Labute approximate surface area is 147 Å². The molecule has 0 bridgehead atoms. The van der Waals surface area contributed by atoms with E-state index in [0.29, 0.717) is 30.2 Å². The maximum atomic E-state index is 12.5. The molecule has 0 aliphatic carbocycles. The summed E-state index contributed by atoms with van der Waals surface area (Å²) >= 11 is 6.05. The van der Waals surface area contributed by atoms with Crippen molar-refractivity contribution in [3.05, 3.63) is 59.4 Å². The van der Waals surface area contributed by atoms with Gasteiger partial charge in [-0.1, -0.05) is 29.8 Å². The topological polar surface area (TPSA) is 42.4 Å². The second kappa shape index (κ2) is 8.15. The first-order chi connectivity index (χ1) is 11.8. The zero-order chi connectivity index (χ0) is 16.8. The lowest BCUT2D eigenvalue weighted by Crippen LogP contribution is -2.31. The fourth-order valence-electron chi connectivity index (χ4n) is 3.06. The van der Waals surface area contributed by atoms with E-state index in [-0.39, 0.29) is 11.9 Å². The Balaban J connectivity index is 1.49. The van der Waals surface area contributed by atoms with E-state index in [9.17, 15) is 4.79 Å². The number of halogens is 1. The molecule has 0 N–H and O–H groups in total. The number of ether oxygens (including phenoxy) is 1. The summed E-state index contributed by atoms with van der Waals surface area (Å²) in [6.07, 6.45) is 4.96. The molecule has 1 aliphatic heterocycles. The number of likely N-dealkylation sites (tertiary alicyclic amines) is 1. The predicted octanol–water partition coefficient (Wildman–Crippen LogP) is 4.26. The molecule has 2 aromatic rings. The molecule has 1 fully saturated rings. The molecule has 1 saturated heterocycles. The molecule has 3 rings (SSSR count). The van der Waals surface area contributed by atoms with Crippen molar-refractivity contribution >= 4 is 17.5 Å². The van der Waals surface area contributed by atoms with Gasteiger partial charge in [0.15, 0.2) is 0 Å². The van der Waals surface area contributed by atoms with E-state index < -0.39 is 0 Å². The second-order valence-electron chi connectivity index (χ2n) is 5.88. The molecule has 24 heavy (non-hydrogen) atoms. The van der Waals surface area contributed by atoms with Crippen molar-refractivity contribution < 1.29 is 9.53 Å². The third kappa shape index (κ3) is 4.06. The van der Waals surface area contributed by atoms with Crippen LogP contribution >= 0.6 is 11.6 Å². The quantitative estimate of drug-likeness (QED) is 0.735. The predicted molar refractivity (Wildman–Crippen MR) is 94.1 cm³/mol. The lowest BCUT2D eigenvalue weighted by atomic mass is 10.1. The largest absolute Gasteiger partial charge is 0.492 e. The first-order valence-electron chi connectivity index (χ1n) is 8.33. The van der Waals surface area contributed by atoms with E-state index in [1.165, 1.54) is 0 Å². The summed E-state index contributed by atoms with van der Waals surface area (Å²) in [7, 11) is 0. The third-order valence-electron chi connectivity index (χ3n) is 4.23. The van der Waals surface area contributed by atoms with Crippen molar-refractivity contribution in [3.63, 3.8) is 0 Å². The zero-order valence-electron chi connectivity index (χ0n) is 13.5. The summed E-state index contributed by atoms with van der Waals surface area (Å²) in [5, 5.41) is 0.596. The van der Waals surface area contributed by atoms with Gasteiger partial charge in [-0.05, 0) is 43.5 Å². The molecular formula is C19H21ClN2O2. The molecule has 0 saturated carbocycles. The van der Waals surface area contributed by atoms with Crippen LogP contribution in [0.25, 0.3) is 0 Å². The van der Waals surface area contributed by atoms with Gasteiger partial charge in [0.2, 0.25) is 5.91 Å². The van der Waals surface area contributed by atoms with Crippen molar-refractivity contribution in [1.29, 1.82) is 0 Å². The van der Waals surface area contributed by atoms with Crippen molar-refractivity contribution in [2.75, 3.05) is 13.2 Å². The highest BCUT2D eigenvalue weighted by atomic mass is 35.5. The summed E-state index contributed by atoms with van der Waals surface area (Å²) in [6.45, 7) is 1.29. The van der Waals surface area contributed by atoms with E-state index in [2.05, 4.69) is 4.98 Å². The van der Waals surface area contributed by atoms with Gasteiger partial charge >= 0.3 is 0 Å². The molecule has 126 valence electrons. The highest BCUT2D eigenvalue weighted by molar-refractivity contribution is 6.32. The third-order valence-corrected chi connectivity index (χ3v) is 4.54. The number of aromatic nitrogens is 1. The minimum Gasteiger partial charge on any atom is -0.492 e. The van der Waals surface area contributed by atoms with Crippen LogP contribution < -0.4 is 4.74 Å². The molecule has 4 nitrogen and oxygen atoms in total. The minimum absolute atomic E-state index is 0.114. The second-order valence-corrected chi connectivity index (χ2v) is 6.29. The van der Waals surface area contributed by atoms with Crippen LogP contribution in [0.2, 0.25) is 5.02 Å². The normalized spacial score (nSPS) is 17.0. The van der Waals surface area contributed by atoms with Crippen molar-refractivity contribution in [2.45, 2.75) is 31.7 Å². The van der Waals surface area contributed by atoms with E-state index in [0.717, 1.165) is 25.1 Å². The van der Waals surface area contributed by atoms with Crippen molar-refractivity contribution in [1.82, 2.24) is 9.88 Å². The molecule has 2 heterocycles. The molecule has 0 radical (unpaired) electrons. The van der Waals surface area contributed by atoms with E-state index in [1.54, 1.807) is 12.3 Å². The maximum absolute atomic E-state index is 12.5. The van der Waals surface area contributed by atoms with Crippen LogP contribution in [0.4, 0.5) is 0 Å². The van der Waals surface area contributed by atoms with Crippen LogP contribution in [-0.4, -0.2) is 28.9 Å². The fourth-order valence-corrected chi connectivity index (χ4v) is 3.25. The summed E-state index contributed by atoms with van der Waals surface area (Å²) in [6, 6.07) is 13.4. The standard InChI is InChI=1S/C19H21ClN2O2/c20-15-7-1-2-10-18(15)24-14-6-11-19(23)22-13-5-9-17(22)16-8-3-4-12-21-16/h1-4,7-8,10,12,17H,5-6,9,11,13-14H2/t17-/m0/s1. The number of nitrogens with zero attached hydrogens (tertiary/aromatic N) is 2. The first-order valence-corrected chi connectivity index (χ1v) is 8.71. The van der Waals surface area contributed by atoms with Gasteiger partial charge in [-0.25, -0.2) is 0 Å². The number of hydrogen-bond acceptors (Lipinski definition) is 3. The van der Waals surface area contributed by atoms with Gasteiger partial charge < -0.3 is 9.64 Å².